The predicted molar refractivity (Wildman–Crippen MR) is 66.6 cm³/mol. The Morgan fingerprint density at radius 2 is 2.35 bits per heavy atom. The smallest absolute Gasteiger partial charge is 0.223 e. The second-order valence-electron chi connectivity index (χ2n) is 3.96. The summed E-state index contributed by atoms with van der Waals surface area (Å²) in [4.78, 5) is 13.3. The van der Waals surface area contributed by atoms with E-state index in [1.165, 1.54) is 0 Å². The Bertz CT molecular complexity index is 429. The summed E-state index contributed by atoms with van der Waals surface area (Å²) in [6, 6.07) is 0. The monoisotopic (exact) mass is 252 g/mol. The van der Waals surface area contributed by atoms with Gasteiger partial charge < -0.3 is 9.47 Å². The van der Waals surface area contributed by atoms with Crippen molar-refractivity contribution < 1.29 is 4.79 Å². The summed E-state index contributed by atoms with van der Waals surface area (Å²) in [5, 5.41) is 9.00. The zero-order chi connectivity index (χ0) is 12.3. The number of hydrogen-bond acceptors (Lipinski definition) is 4. The van der Waals surface area contributed by atoms with E-state index in [0.717, 1.165) is 23.9 Å². The van der Waals surface area contributed by atoms with Gasteiger partial charge in [-0.1, -0.05) is 17.8 Å². The van der Waals surface area contributed by atoms with Gasteiger partial charge in [0, 0.05) is 19.5 Å². The number of allylic oxidation sites excluding steroid dienone is 1. The first-order valence-electron chi connectivity index (χ1n) is 5.63. The molecule has 0 radical (unpaired) electrons. The van der Waals surface area contributed by atoms with Crippen molar-refractivity contribution in [3.05, 3.63) is 18.5 Å². The second-order valence-corrected chi connectivity index (χ2v) is 4.88. The highest BCUT2D eigenvalue weighted by atomic mass is 32.2. The van der Waals surface area contributed by atoms with Crippen LogP contribution in [0.1, 0.15) is 18.7 Å². The molecule has 0 bridgehead atoms. The average Bonchev–Trinajstić information content (AvgIpc) is 2.86. The Hall–Kier alpha value is -1.30. The van der Waals surface area contributed by atoms with Crippen LogP contribution in [0.15, 0.2) is 17.8 Å². The van der Waals surface area contributed by atoms with Gasteiger partial charge in [-0.3, -0.25) is 4.79 Å². The van der Waals surface area contributed by atoms with Gasteiger partial charge in [0.1, 0.15) is 5.82 Å². The molecular formula is C11H16N4OS. The van der Waals surface area contributed by atoms with Crippen LogP contribution in [-0.4, -0.2) is 38.0 Å². The molecule has 5 nitrogen and oxygen atoms in total. The van der Waals surface area contributed by atoms with Crippen molar-refractivity contribution >= 4 is 17.7 Å². The highest BCUT2D eigenvalue weighted by Crippen LogP contribution is 2.21. The molecule has 0 aromatic carbocycles. The van der Waals surface area contributed by atoms with Gasteiger partial charge in [0.2, 0.25) is 5.91 Å². The zero-order valence-corrected chi connectivity index (χ0v) is 10.7. The number of rotatable bonds is 5. The third-order valence-electron chi connectivity index (χ3n) is 2.73. The fourth-order valence-electron chi connectivity index (χ4n) is 1.78. The predicted octanol–water partition coefficient (Wildman–Crippen LogP) is 1.44. The molecule has 92 valence electrons. The molecule has 0 saturated carbocycles. The molecule has 1 fully saturated rings. The molecule has 6 heteroatoms. The van der Waals surface area contributed by atoms with E-state index in [0.29, 0.717) is 18.8 Å². The third kappa shape index (κ3) is 2.69. The number of carbonyl (C=O) groups excluding carboxylic acids is 1. The van der Waals surface area contributed by atoms with Gasteiger partial charge in [0.25, 0.3) is 0 Å². The van der Waals surface area contributed by atoms with Gasteiger partial charge in [0.15, 0.2) is 5.16 Å². The van der Waals surface area contributed by atoms with Crippen LogP contribution < -0.4 is 0 Å². The average molecular weight is 252 g/mol. The first kappa shape index (κ1) is 12.2. The zero-order valence-electron chi connectivity index (χ0n) is 9.93. The fraction of sp³-hybridized carbons (Fsp3) is 0.545. The summed E-state index contributed by atoms with van der Waals surface area (Å²) >= 11 is 1.56. The van der Waals surface area contributed by atoms with Crippen LogP contribution in [0.2, 0.25) is 0 Å². The van der Waals surface area contributed by atoms with Crippen LogP contribution in [0.25, 0.3) is 0 Å². The second kappa shape index (κ2) is 5.35. The van der Waals surface area contributed by atoms with Crippen molar-refractivity contribution in [3.63, 3.8) is 0 Å². The summed E-state index contributed by atoms with van der Waals surface area (Å²) in [5.41, 5.74) is 0. The number of aryl methyl sites for hydroxylation is 1. The van der Waals surface area contributed by atoms with Gasteiger partial charge >= 0.3 is 0 Å². The molecule has 1 aromatic rings. The van der Waals surface area contributed by atoms with Crippen molar-refractivity contribution in [1.82, 2.24) is 19.7 Å². The molecule has 1 saturated heterocycles. The maximum Gasteiger partial charge on any atom is 0.223 e. The normalized spacial score (nSPS) is 15.6. The first-order chi connectivity index (χ1) is 8.22. The SMILES string of the molecule is C=CCn1c(C)nnc1SCN1CCCC1=O. The van der Waals surface area contributed by atoms with Crippen LogP contribution in [0.4, 0.5) is 0 Å². The third-order valence-corrected chi connectivity index (χ3v) is 3.74. The Morgan fingerprint density at radius 1 is 1.53 bits per heavy atom. The van der Waals surface area contributed by atoms with Gasteiger partial charge in [-0.2, -0.15) is 0 Å². The van der Waals surface area contributed by atoms with Crippen LogP contribution in [0, 0.1) is 6.92 Å². The van der Waals surface area contributed by atoms with Crippen LogP contribution in [0.3, 0.4) is 0 Å². The molecule has 17 heavy (non-hydrogen) atoms. The number of carbonyl (C=O) groups is 1. The maximum absolute atomic E-state index is 11.5. The molecule has 0 aliphatic carbocycles. The van der Waals surface area contributed by atoms with Crippen LogP contribution in [-0.2, 0) is 11.3 Å². The van der Waals surface area contributed by atoms with Crippen molar-refractivity contribution in [2.24, 2.45) is 0 Å². The van der Waals surface area contributed by atoms with Crippen molar-refractivity contribution in [2.45, 2.75) is 31.5 Å². The number of aromatic nitrogens is 3. The van der Waals surface area contributed by atoms with E-state index in [-0.39, 0.29) is 5.91 Å². The van der Waals surface area contributed by atoms with Gasteiger partial charge in [0.05, 0.1) is 5.88 Å². The number of thioether (sulfide) groups is 1. The molecule has 2 rings (SSSR count). The highest BCUT2D eigenvalue weighted by Gasteiger charge is 2.20. The van der Waals surface area contributed by atoms with Crippen molar-refractivity contribution in [1.29, 1.82) is 0 Å². The number of hydrogen-bond donors (Lipinski definition) is 0. The Balaban J connectivity index is 1.98. The van der Waals surface area contributed by atoms with Gasteiger partial charge in [-0.25, -0.2) is 0 Å². The van der Waals surface area contributed by atoms with E-state index in [1.54, 1.807) is 11.8 Å². The first-order valence-corrected chi connectivity index (χ1v) is 6.62. The van der Waals surface area contributed by atoms with Gasteiger partial charge in [-0.15, -0.1) is 16.8 Å². The molecule has 1 aromatic heterocycles. The van der Waals surface area contributed by atoms with Crippen LogP contribution >= 0.6 is 11.8 Å². The lowest BCUT2D eigenvalue weighted by Gasteiger charge is -2.14. The molecule has 0 unspecified atom stereocenters. The minimum absolute atomic E-state index is 0.240. The molecule has 1 aliphatic heterocycles. The molecular weight excluding hydrogens is 236 g/mol. The summed E-state index contributed by atoms with van der Waals surface area (Å²) in [5.74, 6) is 1.78. The molecule has 0 atom stereocenters. The number of nitrogens with zero attached hydrogens (tertiary/aromatic N) is 4. The van der Waals surface area contributed by atoms with Crippen molar-refractivity contribution in [2.75, 3.05) is 12.4 Å². The van der Waals surface area contributed by atoms with Gasteiger partial charge in [-0.05, 0) is 13.3 Å². The number of amides is 1. The van der Waals surface area contributed by atoms with Crippen molar-refractivity contribution in [3.8, 4) is 0 Å². The fourth-order valence-corrected chi connectivity index (χ4v) is 2.79. The summed E-state index contributed by atoms with van der Waals surface area (Å²) in [6.07, 6.45) is 3.47. The Labute approximate surface area is 105 Å². The standard InChI is InChI=1S/C11H16N4OS/c1-3-6-15-9(2)12-13-11(15)17-8-14-7-4-5-10(14)16/h3H,1,4-8H2,2H3. The van der Waals surface area contributed by atoms with E-state index >= 15 is 0 Å². The number of likely N-dealkylation sites (tertiary alicyclic amines) is 1. The largest absolute Gasteiger partial charge is 0.333 e. The van der Waals surface area contributed by atoms with Crippen LogP contribution in [0.5, 0.6) is 0 Å². The van der Waals surface area contributed by atoms with E-state index in [9.17, 15) is 4.79 Å². The maximum atomic E-state index is 11.5. The molecule has 0 spiro atoms. The highest BCUT2D eigenvalue weighted by molar-refractivity contribution is 7.99. The molecule has 0 N–H and O–H groups in total. The van der Waals surface area contributed by atoms with E-state index in [4.69, 9.17) is 0 Å². The molecule has 1 amide bonds. The Morgan fingerprint density at radius 3 is 3.00 bits per heavy atom. The quantitative estimate of drug-likeness (QED) is 0.588. The van der Waals surface area contributed by atoms with E-state index in [2.05, 4.69) is 16.8 Å². The lowest BCUT2D eigenvalue weighted by molar-refractivity contribution is -0.126. The topological polar surface area (TPSA) is 51.0 Å². The lowest BCUT2D eigenvalue weighted by atomic mass is 10.4. The summed E-state index contributed by atoms with van der Waals surface area (Å²) in [7, 11) is 0. The minimum atomic E-state index is 0.240. The summed E-state index contributed by atoms with van der Waals surface area (Å²) < 4.78 is 2.00. The molecule has 2 heterocycles. The lowest BCUT2D eigenvalue weighted by Crippen LogP contribution is -2.24. The van der Waals surface area contributed by atoms with E-state index in [1.807, 2.05) is 22.5 Å². The minimum Gasteiger partial charge on any atom is -0.333 e. The molecule has 1 aliphatic rings. The Kier molecular flexibility index (Phi) is 3.83. The van der Waals surface area contributed by atoms with E-state index < -0.39 is 0 Å². The summed E-state index contributed by atoms with van der Waals surface area (Å²) in [6.45, 7) is 7.20.